The number of nitrogens with zero attached hydrogens (tertiary/aromatic N) is 1. The van der Waals surface area contributed by atoms with E-state index in [9.17, 15) is 4.79 Å². The Hall–Kier alpha value is -0.970. The standard InChI is InChI=1S/C16H16BrCl2NO2/c1-9-5-11(18)14(12(19)6-9)13-7-10(17)8-20(13)15(21)22-16(2,3)4/h5-8H,1-4H3. The Morgan fingerprint density at radius 2 is 1.73 bits per heavy atom. The summed E-state index contributed by atoms with van der Waals surface area (Å²) in [5.74, 6) is 0. The van der Waals surface area contributed by atoms with Crippen LogP contribution >= 0.6 is 39.1 Å². The summed E-state index contributed by atoms with van der Waals surface area (Å²) in [6, 6.07) is 5.40. The molecule has 0 unspecified atom stereocenters. The van der Waals surface area contributed by atoms with Gasteiger partial charge in [-0.05, 0) is 67.4 Å². The van der Waals surface area contributed by atoms with Crippen molar-refractivity contribution in [3.8, 4) is 11.3 Å². The Bertz CT molecular complexity index is 709. The molecule has 1 aromatic carbocycles. The molecule has 22 heavy (non-hydrogen) atoms. The molecule has 0 aliphatic rings. The highest BCUT2D eigenvalue weighted by Gasteiger charge is 2.23. The molecule has 1 aromatic heterocycles. The third-order valence-electron chi connectivity index (χ3n) is 2.82. The topological polar surface area (TPSA) is 31.2 Å². The highest BCUT2D eigenvalue weighted by atomic mass is 79.9. The van der Waals surface area contributed by atoms with Gasteiger partial charge in [-0.2, -0.15) is 0 Å². The Morgan fingerprint density at radius 1 is 1.18 bits per heavy atom. The molecule has 2 aromatic rings. The van der Waals surface area contributed by atoms with E-state index in [2.05, 4.69) is 15.9 Å². The number of aromatic nitrogens is 1. The van der Waals surface area contributed by atoms with Crippen LogP contribution in [0, 0.1) is 6.92 Å². The third-order valence-corrected chi connectivity index (χ3v) is 3.85. The zero-order valence-corrected chi connectivity index (χ0v) is 15.8. The van der Waals surface area contributed by atoms with Crippen molar-refractivity contribution in [3.05, 3.63) is 44.5 Å². The molecule has 0 bridgehead atoms. The first-order valence-corrected chi connectivity index (χ1v) is 8.20. The van der Waals surface area contributed by atoms with Crippen molar-refractivity contribution in [3.63, 3.8) is 0 Å². The number of aryl methyl sites for hydroxylation is 1. The zero-order valence-electron chi connectivity index (χ0n) is 12.7. The van der Waals surface area contributed by atoms with E-state index in [1.807, 2.05) is 39.8 Å². The molecule has 0 fully saturated rings. The van der Waals surface area contributed by atoms with Crippen molar-refractivity contribution in [2.45, 2.75) is 33.3 Å². The van der Waals surface area contributed by atoms with E-state index in [1.54, 1.807) is 12.3 Å². The van der Waals surface area contributed by atoms with Gasteiger partial charge in [0.05, 0.1) is 15.7 Å². The second kappa shape index (κ2) is 6.26. The summed E-state index contributed by atoms with van der Waals surface area (Å²) in [4.78, 5) is 12.4. The minimum Gasteiger partial charge on any atom is -0.443 e. The molecule has 0 amide bonds. The molecular formula is C16H16BrCl2NO2. The molecule has 0 saturated heterocycles. The van der Waals surface area contributed by atoms with E-state index in [4.69, 9.17) is 27.9 Å². The van der Waals surface area contributed by atoms with Gasteiger partial charge in [0, 0.05) is 16.2 Å². The Balaban J connectivity index is 2.57. The summed E-state index contributed by atoms with van der Waals surface area (Å²) in [7, 11) is 0. The number of rotatable bonds is 1. The fraction of sp³-hybridized carbons (Fsp3) is 0.312. The van der Waals surface area contributed by atoms with Crippen molar-refractivity contribution < 1.29 is 9.53 Å². The Labute approximate surface area is 148 Å². The minimum atomic E-state index is -0.591. The van der Waals surface area contributed by atoms with Gasteiger partial charge in [-0.1, -0.05) is 23.2 Å². The average molecular weight is 405 g/mol. The number of benzene rings is 1. The summed E-state index contributed by atoms with van der Waals surface area (Å²) >= 11 is 16.0. The van der Waals surface area contributed by atoms with Gasteiger partial charge >= 0.3 is 6.09 Å². The van der Waals surface area contributed by atoms with Gasteiger partial charge in [0.15, 0.2) is 0 Å². The molecule has 0 aliphatic carbocycles. The van der Waals surface area contributed by atoms with Crippen LogP contribution in [0.3, 0.4) is 0 Å². The first-order valence-electron chi connectivity index (χ1n) is 6.66. The lowest BCUT2D eigenvalue weighted by molar-refractivity contribution is 0.0540. The second-order valence-corrected chi connectivity index (χ2v) is 7.73. The molecule has 0 saturated carbocycles. The predicted molar refractivity (Wildman–Crippen MR) is 94.0 cm³/mol. The Kier molecular flexibility index (Phi) is 4.95. The number of carbonyl (C=O) groups excluding carboxylic acids is 1. The molecule has 0 radical (unpaired) electrons. The van der Waals surface area contributed by atoms with E-state index in [-0.39, 0.29) is 0 Å². The molecule has 1 heterocycles. The molecule has 3 nitrogen and oxygen atoms in total. The lowest BCUT2D eigenvalue weighted by atomic mass is 10.1. The lowest BCUT2D eigenvalue weighted by Crippen LogP contribution is -2.27. The van der Waals surface area contributed by atoms with Crippen LogP contribution in [0.1, 0.15) is 26.3 Å². The first kappa shape index (κ1) is 17.4. The maximum Gasteiger partial charge on any atom is 0.419 e. The summed E-state index contributed by atoms with van der Waals surface area (Å²) in [5, 5.41) is 0.973. The van der Waals surface area contributed by atoms with E-state index in [0.717, 1.165) is 10.0 Å². The van der Waals surface area contributed by atoms with Gasteiger partial charge in [-0.15, -0.1) is 0 Å². The predicted octanol–water partition coefficient (Wildman–Crippen LogP) is 6.32. The van der Waals surface area contributed by atoms with Gasteiger partial charge < -0.3 is 4.74 Å². The van der Waals surface area contributed by atoms with Gasteiger partial charge in [0.25, 0.3) is 0 Å². The van der Waals surface area contributed by atoms with Crippen LogP contribution in [0.4, 0.5) is 4.79 Å². The SMILES string of the molecule is Cc1cc(Cl)c(-c2cc(Br)cn2C(=O)OC(C)(C)C)c(Cl)c1. The second-order valence-electron chi connectivity index (χ2n) is 6.00. The summed E-state index contributed by atoms with van der Waals surface area (Å²) < 4.78 is 7.56. The van der Waals surface area contributed by atoms with Crippen molar-refractivity contribution in [2.75, 3.05) is 0 Å². The van der Waals surface area contributed by atoms with Crippen LogP contribution in [0.2, 0.25) is 10.0 Å². The Morgan fingerprint density at radius 3 is 2.23 bits per heavy atom. The fourth-order valence-electron chi connectivity index (χ4n) is 2.03. The zero-order chi connectivity index (χ0) is 16.7. The van der Waals surface area contributed by atoms with Gasteiger partial charge in [0.1, 0.15) is 5.60 Å². The number of hydrogen-bond acceptors (Lipinski definition) is 2. The molecular weight excluding hydrogens is 389 g/mol. The summed E-state index contributed by atoms with van der Waals surface area (Å²) in [6.07, 6.45) is 1.15. The van der Waals surface area contributed by atoms with E-state index in [0.29, 0.717) is 21.3 Å². The molecule has 2 rings (SSSR count). The molecule has 0 N–H and O–H groups in total. The monoisotopic (exact) mass is 403 g/mol. The molecule has 0 atom stereocenters. The van der Waals surface area contributed by atoms with Crippen LogP contribution in [-0.2, 0) is 4.74 Å². The maximum absolute atomic E-state index is 12.4. The smallest absolute Gasteiger partial charge is 0.419 e. The number of hydrogen-bond donors (Lipinski definition) is 0. The van der Waals surface area contributed by atoms with Crippen molar-refractivity contribution >= 4 is 45.2 Å². The fourth-order valence-corrected chi connectivity index (χ4v) is 3.24. The summed E-state index contributed by atoms with van der Waals surface area (Å²) in [5.41, 5.74) is 1.54. The molecule has 0 spiro atoms. The minimum absolute atomic E-state index is 0.485. The molecule has 0 aliphatic heterocycles. The first-order chi connectivity index (χ1) is 10.1. The van der Waals surface area contributed by atoms with Gasteiger partial charge in [-0.25, -0.2) is 4.79 Å². The third kappa shape index (κ3) is 3.86. The quantitative estimate of drug-likeness (QED) is 0.557. The van der Waals surface area contributed by atoms with E-state index in [1.165, 1.54) is 4.57 Å². The number of halogens is 3. The molecule has 6 heteroatoms. The van der Waals surface area contributed by atoms with Crippen LogP contribution in [0.5, 0.6) is 0 Å². The van der Waals surface area contributed by atoms with Crippen molar-refractivity contribution in [2.24, 2.45) is 0 Å². The van der Waals surface area contributed by atoms with Crippen LogP contribution < -0.4 is 0 Å². The number of carbonyl (C=O) groups is 1. The maximum atomic E-state index is 12.4. The van der Waals surface area contributed by atoms with Crippen LogP contribution in [-0.4, -0.2) is 16.3 Å². The molecule has 118 valence electrons. The normalized spacial score (nSPS) is 11.6. The van der Waals surface area contributed by atoms with Crippen LogP contribution in [0.15, 0.2) is 28.9 Å². The van der Waals surface area contributed by atoms with E-state index < -0.39 is 11.7 Å². The largest absolute Gasteiger partial charge is 0.443 e. The average Bonchev–Trinajstić information content (AvgIpc) is 2.67. The van der Waals surface area contributed by atoms with Gasteiger partial charge in [-0.3, -0.25) is 4.57 Å². The van der Waals surface area contributed by atoms with Gasteiger partial charge in [0.2, 0.25) is 0 Å². The van der Waals surface area contributed by atoms with Crippen LogP contribution in [0.25, 0.3) is 11.3 Å². The summed E-state index contributed by atoms with van der Waals surface area (Å²) in [6.45, 7) is 7.35. The number of ether oxygens (including phenoxy) is 1. The van der Waals surface area contributed by atoms with Crippen molar-refractivity contribution in [1.29, 1.82) is 0 Å². The highest BCUT2D eigenvalue weighted by Crippen LogP contribution is 2.37. The lowest BCUT2D eigenvalue weighted by Gasteiger charge is -2.20. The van der Waals surface area contributed by atoms with Crippen molar-refractivity contribution in [1.82, 2.24) is 4.57 Å². The highest BCUT2D eigenvalue weighted by molar-refractivity contribution is 9.10. The van der Waals surface area contributed by atoms with E-state index >= 15 is 0 Å².